The minimum Gasteiger partial charge on any atom is -0.294 e. The van der Waals surface area contributed by atoms with Crippen LogP contribution in [0.25, 0.3) is 11.7 Å². The molecule has 2 heterocycles. The molecule has 0 unspecified atom stereocenters. The van der Waals surface area contributed by atoms with Gasteiger partial charge < -0.3 is 0 Å². The quantitative estimate of drug-likeness (QED) is 0.520. The van der Waals surface area contributed by atoms with Gasteiger partial charge in [0.2, 0.25) is 10.0 Å². The second-order valence-corrected chi connectivity index (χ2v) is 7.79. The minimum atomic E-state index is -3.43. The van der Waals surface area contributed by atoms with Crippen LogP contribution in [0.4, 0.5) is 0 Å². The Balaban J connectivity index is 1.52. The molecule has 0 aliphatic rings. The lowest BCUT2D eigenvalue weighted by Crippen LogP contribution is -2.23. The highest BCUT2D eigenvalue weighted by atomic mass is 32.2. The van der Waals surface area contributed by atoms with Crippen LogP contribution in [-0.4, -0.2) is 30.1 Å². The number of fused-ring (bicyclic) bond motifs is 1. The molecule has 24 heavy (non-hydrogen) atoms. The van der Waals surface area contributed by atoms with Gasteiger partial charge in [-0.3, -0.25) is 4.40 Å². The molecule has 0 bridgehead atoms. The van der Waals surface area contributed by atoms with E-state index in [-0.39, 0.29) is 0 Å². The van der Waals surface area contributed by atoms with Crippen molar-refractivity contribution in [2.45, 2.75) is 5.03 Å². The Morgan fingerprint density at radius 3 is 2.79 bits per heavy atom. The largest absolute Gasteiger partial charge is 0.294 e. The van der Waals surface area contributed by atoms with Crippen LogP contribution in [0.5, 0.6) is 0 Å². The molecule has 2 aromatic heterocycles. The zero-order chi connectivity index (χ0) is 16.8. The van der Waals surface area contributed by atoms with E-state index < -0.39 is 10.0 Å². The van der Waals surface area contributed by atoms with Crippen molar-refractivity contribution in [2.24, 2.45) is 0 Å². The number of rotatable bonds is 7. The summed E-state index contributed by atoms with van der Waals surface area (Å²) in [6, 6.07) is 15.2. The van der Waals surface area contributed by atoms with Crippen molar-refractivity contribution in [1.82, 2.24) is 14.1 Å². The topological polar surface area (TPSA) is 63.5 Å². The molecule has 0 fully saturated rings. The molecule has 124 valence electrons. The molecule has 0 saturated carbocycles. The van der Waals surface area contributed by atoms with Gasteiger partial charge in [-0.2, -0.15) is 0 Å². The molecule has 0 aliphatic heterocycles. The van der Waals surface area contributed by atoms with E-state index in [0.29, 0.717) is 12.3 Å². The number of thioether (sulfide) groups is 1. The van der Waals surface area contributed by atoms with Gasteiger partial charge in [0.15, 0.2) is 0 Å². The number of sulfonamides is 1. The first-order valence-corrected chi connectivity index (χ1v) is 9.95. The van der Waals surface area contributed by atoms with E-state index in [4.69, 9.17) is 0 Å². The Labute approximate surface area is 145 Å². The number of imidazole rings is 1. The van der Waals surface area contributed by atoms with Crippen LogP contribution >= 0.6 is 11.8 Å². The lowest BCUT2D eigenvalue weighted by atomic mass is 10.2. The van der Waals surface area contributed by atoms with Crippen LogP contribution < -0.4 is 4.72 Å². The van der Waals surface area contributed by atoms with E-state index >= 15 is 0 Å². The summed E-state index contributed by atoms with van der Waals surface area (Å²) in [5.41, 5.74) is 1.73. The molecule has 0 saturated heterocycles. The zero-order valence-corrected chi connectivity index (χ0v) is 14.5. The normalized spacial score (nSPS) is 12.2. The molecular formula is C17H17N3O2S2. The summed E-state index contributed by atoms with van der Waals surface area (Å²) in [5.74, 6) is 0.635. The number of aromatic nitrogens is 2. The highest BCUT2D eigenvalue weighted by Gasteiger charge is 2.05. The summed E-state index contributed by atoms with van der Waals surface area (Å²) in [7, 11) is -3.43. The second kappa shape index (κ2) is 7.65. The molecule has 0 amide bonds. The van der Waals surface area contributed by atoms with Crippen molar-refractivity contribution < 1.29 is 8.42 Å². The van der Waals surface area contributed by atoms with E-state index in [1.807, 2.05) is 59.1 Å². The first-order valence-electron chi connectivity index (χ1n) is 7.42. The molecule has 1 aromatic carbocycles. The summed E-state index contributed by atoms with van der Waals surface area (Å²) >= 11 is 1.58. The molecule has 0 radical (unpaired) electrons. The van der Waals surface area contributed by atoms with Gasteiger partial charge in [0.25, 0.3) is 0 Å². The van der Waals surface area contributed by atoms with Crippen LogP contribution in [0, 0.1) is 0 Å². The molecule has 5 nitrogen and oxygen atoms in total. The second-order valence-electron chi connectivity index (χ2n) is 5.02. The molecule has 1 N–H and O–H groups in total. The fourth-order valence-corrected chi connectivity index (χ4v) is 3.99. The van der Waals surface area contributed by atoms with E-state index in [9.17, 15) is 8.42 Å². The summed E-state index contributed by atoms with van der Waals surface area (Å²) in [4.78, 5) is 4.23. The Hall–Kier alpha value is -2.09. The number of hydrogen-bond donors (Lipinski definition) is 1. The number of nitrogens with one attached hydrogen (secondary N) is 1. The van der Waals surface area contributed by atoms with E-state index in [2.05, 4.69) is 9.71 Å². The Morgan fingerprint density at radius 1 is 1.12 bits per heavy atom. The molecule has 7 heteroatoms. The summed E-state index contributed by atoms with van der Waals surface area (Å²) in [5, 5.41) is 2.23. The maximum absolute atomic E-state index is 12.0. The maximum atomic E-state index is 12.0. The van der Waals surface area contributed by atoms with Crippen molar-refractivity contribution in [3.63, 3.8) is 0 Å². The number of nitrogens with zero attached hydrogens (tertiary/aromatic N) is 2. The highest BCUT2D eigenvalue weighted by Crippen LogP contribution is 2.18. The Morgan fingerprint density at radius 2 is 1.96 bits per heavy atom. The van der Waals surface area contributed by atoms with Crippen LogP contribution in [0.2, 0.25) is 0 Å². The van der Waals surface area contributed by atoms with Gasteiger partial charge in [-0.15, -0.1) is 11.8 Å². The average molecular weight is 359 g/mol. The third kappa shape index (κ3) is 4.47. The minimum absolute atomic E-state index is 0.358. The third-order valence-corrected chi connectivity index (χ3v) is 5.42. The van der Waals surface area contributed by atoms with Gasteiger partial charge in [-0.25, -0.2) is 18.1 Å². The molecule has 0 atom stereocenters. The van der Waals surface area contributed by atoms with E-state index in [1.165, 1.54) is 5.41 Å². The van der Waals surface area contributed by atoms with Gasteiger partial charge in [-0.05, 0) is 23.8 Å². The fraction of sp³-hybridized carbons (Fsp3) is 0.118. The summed E-state index contributed by atoms with van der Waals surface area (Å²) < 4.78 is 28.5. The lowest BCUT2D eigenvalue weighted by molar-refractivity contribution is 0.593. The fourth-order valence-electron chi connectivity index (χ4n) is 2.16. The molecule has 0 spiro atoms. The number of hydrogen-bond acceptors (Lipinski definition) is 4. The number of benzene rings is 1. The predicted octanol–water partition coefficient (Wildman–Crippen LogP) is 3.02. The summed E-state index contributed by atoms with van der Waals surface area (Å²) in [6.07, 6.45) is 5.22. The molecular weight excluding hydrogens is 342 g/mol. The van der Waals surface area contributed by atoms with Gasteiger partial charge in [-0.1, -0.05) is 36.4 Å². The molecule has 3 rings (SSSR count). The van der Waals surface area contributed by atoms with E-state index in [0.717, 1.165) is 16.2 Å². The Kier molecular flexibility index (Phi) is 5.34. The SMILES string of the molecule is O=S(=O)(C=Cc1ccccc1)NCCSc1cccc2nccn12. The standard InChI is InChI=1S/C17H17N3O2S2/c21-24(22,14-9-15-5-2-1-3-6-15)19-11-13-23-17-8-4-7-16-18-10-12-20(16)17/h1-10,12,14,19H,11,13H2. The van der Waals surface area contributed by atoms with Gasteiger partial charge in [0.05, 0.1) is 5.03 Å². The lowest BCUT2D eigenvalue weighted by Gasteiger charge is -2.05. The van der Waals surface area contributed by atoms with Crippen LogP contribution in [0.15, 0.2) is 71.4 Å². The van der Waals surface area contributed by atoms with Crippen LogP contribution in [0.3, 0.4) is 0 Å². The smallest absolute Gasteiger partial charge is 0.233 e. The molecule has 0 aliphatic carbocycles. The van der Waals surface area contributed by atoms with Crippen LogP contribution in [0.1, 0.15) is 5.56 Å². The summed E-state index contributed by atoms with van der Waals surface area (Å²) in [6.45, 7) is 0.358. The average Bonchev–Trinajstić information content (AvgIpc) is 3.07. The molecule has 3 aromatic rings. The third-order valence-electron chi connectivity index (χ3n) is 3.29. The van der Waals surface area contributed by atoms with Crippen molar-refractivity contribution in [2.75, 3.05) is 12.3 Å². The maximum Gasteiger partial charge on any atom is 0.233 e. The monoisotopic (exact) mass is 359 g/mol. The van der Waals surface area contributed by atoms with E-state index in [1.54, 1.807) is 24.0 Å². The van der Waals surface area contributed by atoms with Crippen LogP contribution in [-0.2, 0) is 10.0 Å². The first kappa shape index (κ1) is 16.8. The van der Waals surface area contributed by atoms with Crippen molar-refractivity contribution in [3.05, 3.63) is 71.9 Å². The van der Waals surface area contributed by atoms with Crippen molar-refractivity contribution in [1.29, 1.82) is 0 Å². The van der Waals surface area contributed by atoms with Gasteiger partial charge >= 0.3 is 0 Å². The number of pyridine rings is 1. The predicted molar refractivity (Wildman–Crippen MR) is 98.3 cm³/mol. The van der Waals surface area contributed by atoms with Gasteiger partial charge in [0.1, 0.15) is 5.65 Å². The first-order chi connectivity index (χ1) is 11.6. The van der Waals surface area contributed by atoms with Crippen molar-refractivity contribution >= 4 is 33.5 Å². The van der Waals surface area contributed by atoms with Crippen molar-refractivity contribution in [3.8, 4) is 0 Å². The highest BCUT2D eigenvalue weighted by molar-refractivity contribution is 7.99. The Bertz CT molecular complexity index is 935. The zero-order valence-electron chi connectivity index (χ0n) is 12.9. The van der Waals surface area contributed by atoms with Gasteiger partial charge in [0, 0.05) is 30.1 Å².